The van der Waals surface area contributed by atoms with Crippen LogP contribution in [0.25, 0.3) is 10.8 Å². The fourth-order valence-electron chi connectivity index (χ4n) is 3.62. The number of aromatic nitrogens is 2. The largest absolute Gasteiger partial charge is 0.480 e. The maximum Gasteiger partial charge on any atom is 0.326 e. The van der Waals surface area contributed by atoms with Crippen LogP contribution in [-0.4, -0.2) is 44.3 Å². The fourth-order valence-corrected chi connectivity index (χ4v) is 3.62. The number of likely N-dealkylation sites (tertiary alicyclic amines) is 1. The van der Waals surface area contributed by atoms with Gasteiger partial charge in [-0.3, -0.25) is 9.59 Å². The minimum Gasteiger partial charge on any atom is -0.480 e. The van der Waals surface area contributed by atoms with E-state index in [1.165, 1.54) is 9.58 Å². The van der Waals surface area contributed by atoms with Gasteiger partial charge in [0.25, 0.3) is 11.5 Å². The van der Waals surface area contributed by atoms with Crippen molar-refractivity contribution in [2.45, 2.75) is 58.0 Å². The first-order valence-corrected chi connectivity index (χ1v) is 9.58. The van der Waals surface area contributed by atoms with E-state index in [-0.39, 0.29) is 11.3 Å². The molecule has 1 aromatic carbocycles. The molecule has 0 spiro atoms. The minimum atomic E-state index is -0.997. The molecule has 1 aliphatic heterocycles. The van der Waals surface area contributed by atoms with Crippen LogP contribution in [0.4, 0.5) is 0 Å². The molecule has 7 heteroatoms. The average Bonchev–Trinajstić information content (AvgIpc) is 2.69. The lowest BCUT2D eigenvalue weighted by molar-refractivity contribution is -0.143. The highest BCUT2D eigenvalue weighted by atomic mass is 16.4. The number of carboxylic acid groups (broad SMARTS) is 1. The van der Waals surface area contributed by atoms with E-state index in [4.69, 9.17) is 0 Å². The van der Waals surface area contributed by atoms with E-state index in [2.05, 4.69) is 12.0 Å². The fraction of sp³-hybridized carbons (Fsp3) is 0.500. The van der Waals surface area contributed by atoms with Crippen molar-refractivity contribution in [3.05, 3.63) is 40.3 Å². The summed E-state index contributed by atoms with van der Waals surface area (Å²) in [6, 6.07) is 6.07. The molecule has 0 saturated carbocycles. The van der Waals surface area contributed by atoms with Crippen molar-refractivity contribution in [1.82, 2.24) is 14.7 Å². The summed E-state index contributed by atoms with van der Waals surface area (Å²) < 4.78 is 1.35. The van der Waals surface area contributed by atoms with Crippen molar-refractivity contribution in [1.29, 1.82) is 0 Å². The van der Waals surface area contributed by atoms with Crippen LogP contribution in [0.1, 0.15) is 55.9 Å². The highest BCUT2D eigenvalue weighted by molar-refractivity contribution is 6.05. The summed E-state index contributed by atoms with van der Waals surface area (Å²) in [5, 5.41) is 14.8. The number of benzene rings is 1. The minimum absolute atomic E-state index is 0.162. The molecule has 0 radical (unpaired) electrons. The van der Waals surface area contributed by atoms with Crippen LogP contribution >= 0.6 is 0 Å². The second-order valence-corrected chi connectivity index (χ2v) is 6.98. The lowest BCUT2D eigenvalue weighted by atomic mass is 10.0. The van der Waals surface area contributed by atoms with E-state index in [9.17, 15) is 19.5 Å². The van der Waals surface area contributed by atoms with Crippen LogP contribution in [0.2, 0.25) is 0 Å². The molecular weight excluding hydrogens is 346 g/mol. The lowest BCUT2D eigenvalue weighted by Crippen LogP contribution is -2.48. The number of carboxylic acids is 1. The predicted molar refractivity (Wildman–Crippen MR) is 102 cm³/mol. The summed E-state index contributed by atoms with van der Waals surface area (Å²) in [5.74, 6) is -1.41. The Bertz CT molecular complexity index is 906. The number of carbonyl (C=O) groups excluding carboxylic acids is 1. The number of hydrogen-bond acceptors (Lipinski definition) is 4. The third-order valence-corrected chi connectivity index (χ3v) is 5.09. The second kappa shape index (κ2) is 8.33. The summed E-state index contributed by atoms with van der Waals surface area (Å²) in [4.78, 5) is 38.9. The molecule has 0 bridgehead atoms. The second-order valence-electron chi connectivity index (χ2n) is 6.98. The molecule has 1 amide bonds. The van der Waals surface area contributed by atoms with Crippen LogP contribution < -0.4 is 5.56 Å². The Morgan fingerprint density at radius 1 is 1.19 bits per heavy atom. The van der Waals surface area contributed by atoms with Gasteiger partial charge in [0.15, 0.2) is 5.69 Å². The van der Waals surface area contributed by atoms with Gasteiger partial charge in [-0.1, -0.05) is 38.0 Å². The van der Waals surface area contributed by atoms with Crippen molar-refractivity contribution in [2.24, 2.45) is 0 Å². The highest BCUT2D eigenvalue weighted by Crippen LogP contribution is 2.22. The van der Waals surface area contributed by atoms with E-state index < -0.39 is 17.9 Å². The van der Waals surface area contributed by atoms with Gasteiger partial charge in [-0.25, -0.2) is 9.48 Å². The Morgan fingerprint density at radius 3 is 2.63 bits per heavy atom. The molecule has 144 valence electrons. The van der Waals surface area contributed by atoms with Crippen LogP contribution in [0, 0.1) is 0 Å². The van der Waals surface area contributed by atoms with Crippen LogP contribution in [-0.2, 0) is 11.3 Å². The Labute approximate surface area is 157 Å². The van der Waals surface area contributed by atoms with Gasteiger partial charge in [0.05, 0.1) is 5.39 Å². The third kappa shape index (κ3) is 3.86. The summed E-state index contributed by atoms with van der Waals surface area (Å²) in [5.41, 5.74) is -0.0541. The average molecular weight is 371 g/mol. The maximum atomic E-state index is 13.2. The molecule has 3 rings (SSSR count). The van der Waals surface area contributed by atoms with Gasteiger partial charge < -0.3 is 10.0 Å². The summed E-state index contributed by atoms with van der Waals surface area (Å²) >= 11 is 0. The quantitative estimate of drug-likeness (QED) is 0.788. The number of amides is 1. The molecule has 1 saturated heterocycles. The number of aliphatic carboxylic acids is 1. The molecular formula is C20H25N3O4. The normalized spacial score (nSPS) is 17.2. The summed E-state index contributed by atoms with van der Waals surface area (Å²) in [6.45, 7) is 2.91. The van der Waals surface area contributed by atoms with E-state index in [0.29, 0.717) is 30.3 Å². The van der Waals surface area contributed by atoms with Crippen molar-refractivity contribution in [3.63, 3.8) is 0 Å². The zero-order valence-electron chi connectivity index (χ0n) is 15.6. The van der Waals surface area contributed by atoms with Crippen LogP contribution in [0.15, 0.2) is 29.1 Å². The van der Waals surface area contributed by atoms with Crippen LogP contribution in [0.3, 0.4) is 0 Å². The standard InChI is InChI=1S/C20H25N3O4/c1-2-3-7-13-23-18(24)15-10-5-4-9-14(15)17(21-23)19(25)22-12-8-6-11-16(22)20(26)27/h4-5,9-10,16H,2-3,6-8,11-13H2,1H3,(H,26,27). The number of nitrogens with zero attached hydrogens (tertiary/aromatic N) is 3. The molecule has 1 N–H and O–H groups in total. The lowest BCUT2D eigenvalue weighted by Gasteiger charge is -2.32. The summed E-state index contributed by atoms with van der Waals surface area (Å²) in [6.07, 6.45) is 4.78. The Morgan fingerprint density at radius 2 is 1.93 bits per heavy atom. The smallest absolute Gasteiger partial charge is 0.326 e. The van der Waals surface area contributed by atoms with Gasteiger partial charge in [0.2, 0.25) is 0 Å². The molecule has 2 aromatic rings. The number of carbonyl (C=O) groups is 2. The van der Waals surface area contributed by atoms with E-state index in [1.54, 1.807) is 24.3 Å². The zero-order chi connectivity index (χ0) is 19.4. The van der Waals surface area contributed by atoms with Gasteiger partial charge >= 0.3 is 5.97 Å². The molecule has 1 fully saturated rings. The van der Waals surface area contributed by atoms with Crippen molar-refractivity contribution >= 4 is 22.6 Å². The number of aryl methyl sites for hydroxylation is 1. The molecule has 0 aliphatic carbocycles. The summed E-state index contributed by atoms with van der Waals surface area (Å²) in [7, 11) is 0. The maximum absolute atomic E-state index is 13.2. The number of unbranched alkanes of at least 4 members (excludes halogenated alkanes) is 2. The van der Waals surface area contributed by atoms with Gasteiger partial charge in [0.1, 0.15) is 6.04 Å². The Balaban J connectivity index is 2.06. The Hall–Kier alpha value is -2.70. The zero-order valence-corrected chi connectivity index (χ0v) is 15.6. The molecule has 1 unspecified atom stereocenters. The SMILES string of the molecule is CCCCCn1nc(C(=O)N2CCCCC2C(=O)O)c2ccccc2c1=O. The van der Waals surface area contributed by atoms with E-state index >= 15 is 0 Å². The van der Waals surface area contributed by atoms with E-state index in [1.807, 2.05) is 0 Å². The molecule has 1 atom stereocenters. The first-order chi connectivity index (χ1) is 13.0. The first-order valence-electron chi connectivity index (χ1n) is 9.58. The Kier molecular flexibility index (Phi) is 5.88. The topological polar surface area (TPSA) is 92.5 Å². The number of hydrogen-bond donors (Lipinski definition) is 1. The van der Waals surface area contributed by atoms with Crippen molar-refractivity contribution < 1.29 is 14.7 Å². The van der Waals surface area contributed by atoms with Gasteiger partial charge in [-0.05, 0) is 31.7 Å². The van der Waals surface area contributed by atoms with Gasteiger partial charge in [-0.15, -0.1) is 0 Å². The molecule has 1 aromatic heterocycles. The number of rotatable bonds is 6. The van der Waals surface area contributed by atoms with Crippen LogP contribution in [0.5, 0.6) is 0 Å². The van der Waals surface area contributed by atoms with Gasteiger partial charge in [0, 0.05) is 18.5 Å². The predicted octanol–water partition coefficient (Wildman–Crippen LogP) is 2.67. The first kappa shape index (κ1) is 19.1. The van der Waals surface area contributed by atoms with Gasteiger partial charge in [-0.2, -0.15) is 5.10 Å². The monoisotopic (exact) mass is 371 g/mol. The van der Waals surface area contributed by atoms with E-state index in [0.717, 1.165) is 32.1 Å². The molecule has 27 heavy (non-hydrogen) atoms. The highest BCUT2D eigenvalue weighted by Gasteiger charge is 2.34. The number of fused-ring (bicyclic) bond motifs is 1. The molecule has 1 aliphatic rings. The number of piperidine rings is 1. The van der Waals surface area contributed by atoms with Crippen molar-refractivity contribution in [2.75, 3.05) is 6.54 Å². The molecule has 7 nitrogen and oxygen atoms in total. The molecule has 2 heterocycles. The third-order valence-electron chi connectivity index (χ3n) is 5.09. The van der Waals surface area contributed by atoms with Crippen molar-refractivity contribution in [3.8, 4) is 0 Å².